The first-order valence-corrected chi connectivity index (χ1v) is 9.85. The summed E-state index contributed by atoms with van der Waals surface area (Å²) in [6, 6.07) is -2.18. The molecule has 182 valence electrons. The van der Waals surface area contributed by atoms with Gasteiger partial charge in [0, 0.05) is 7.11 Å². The average Bonchev–Trinajstić information content (AvgIpc) is 2.69. The van der Waals surface area contributed by atoms with Gasteiger partial charge in [-0.05, 0) is 20.8 Å². The van der Waals surface area contributed by atoms with Crippen molar-refractivity contribution in [2.45, 2.75) is 38.5 Å². The lowest BCUT2D eigenvalue weighted by Crippen LogP contribution is -2.55. The minimum absolute atomic E-state index is 0.0533. The Kier molecular flexibility index (Phi) is 15.6. The molecule has 12 nitrogen and oxygen atoms in total. The summed E-state index contributed by atoms with van der Waals surface area (Å²) in [5, 5.41) is 13.5. The fourth-order valence-electron chi connectivity index (χ4n) is 2.09. The summed E-state index contributed by atoms with van der Waals surface area (Å²) in [5.41, 5.74) is -0.742. The molecule has 0 aromatic carbocycles. The molecule has 0 bridgehead atoms. The first-order chi connectivity index (χ1) is 14.6. The van der Waals surface area contributed by atoms with Gasteiger partial charge in [0.15, 0.2) is 6.04 Å². The summed E-state index contributed by atoms with van der Waals surface area (Å²) in [5.74, 6) is -1.37. The van der Waals surface area contributed by atoms with E-state index in [0.717, 1.165) is 0 Å². The van der Waals surface area contributed by atoms with E-state index in [2.05, 4.69) is 15.4 Å². The van der Waals surface area contributed by atoms with Crippen LogP contribution >= 0.6 is 0 Å². The lowest BCUT2D eigenvalue weighted by molar-refractivity contribution is -0.147. The van der Waals surface area contributed by atoms with Gasteiger partial charge in [-0.3, -0.25) is 4.79 Å². The van der Waals surface area contributed by atoms with Crippen LogP contribution in [0.5, 0.6) is 0 Å². The van der Waals surface area contributed by atoms with Crippen LogP contribution in [0.25, 0.3) is 0 Å². The highest BCUT2D eigenvalue weighted by Gasteiger charge is 2.29. The summed E-state index contributed by atoms with van der Waals surface area (Å²) < 4.78 is 30.5. The van der Waals surface area contributed by atoms with Crippen molar-refractivity contribution in [2.24, 2.45) is 0 Å². The van der Waals surface area contributed by atoms with E-state index in [4.69, 9.17) is 28.8 Å². The molecule has 3 N–H and O–H groups in total. The predicted octanol–water partition coefficient (Wildman–Crippen LogP) is -0.774. The van der Waals surface area contributed by atoms with E-state index in [0.29, 0.717) is 13.2 Å². The number of carbonyl (C=O) groups excluding carboxylic acids is 3. The number of amides is 2. The summed E-state index contributed by atoms with van der Waals surface area (Å²) >= 11 is 0. The molecule has 2 amide bonds. The number of alkyl carbamates (subject to hydrolysis) is 1. The maximum atomic E-state index is 12.5. The third-order valence-electron chi connectivity index (χ3n) is 3.41. The lowest BCUT2D eigenvalue weighted by atomic mass is 10.2. The molecule has 0 saturated carbocycles. The molecule has 0 heterocycles. The smallest absolute Gasteiger partial charge is 0.408 e. The number of rotatable bonds is 16. The lowest BCUT2D eigenvalue weighted by Gasteiger charge is -2.24. The Morgan fingerprint density at radius 1 is 0.839 bits per heavy atom. The van der Waals surface area contributed by atoms with Crippen molar-refractivity contribution in [3.05, 3.63) is 0 Å². The molecule has 12 heteroatoms. The Bertz CT molecular complexity index is 524. The van der Waals surface area contributed by atoms with Crippen molar-refractivity contribution in [1.29, 1.82) is 0 Å². The maximum Gasteiger partial charge on any atom is 0.408 e. The molecule has 0 rings (SSSR count). The van der Waals surface area contributed by atoms with Crippen molar-refractivity contribution in [3.63, 3.8) is 0 Å². The third-order valence-corrected chi connectivity index (χ3v) is 3.41. The molecule has 0 radical (unpaired) electrons. The van der Waals surface area contributed by atoms with Gasteiger partial charge in [0.05, 0.1) is 60.0 Å². The van der Waals surface area contributed by atoms with Gasteiger partial charge < -0.3 is 44.2 Å². The molecule has 0 aromatic rings. The standard InChI is InChI=1S/C19H36N2O10/c1-19(2,3)31-18(25)21-14(12-26-4)16(23)20-15(17(24)27-5)13-30-11-10-29-9-8-28-7-6-22/h14-15,22H,6-13H2,1-5H3,(H,20,23)(H,21,25)/t14-,15-/m0/s1. The van der Waals surface area contributed by atoms with Crippen LogP contribution in [0.2, 0.25) is 0 Å². The number of nitrogens with one attached hydrogen (secondary N) is 2. The van der Waals surface area contributed by atoms with Crippen LogP contribution in [0.15, 0.2) is 0 Å². The predicted molar refractivity (Wildman–Crippen MR) is 109 cm³/mol. The van der Waals surface area contributed by atoms with Gasteiger partial charge in [-0.1, -0.05) is 0 Å². The summed E-state index contributed by atoms with van der Waals surface area (Å²) in [4.78, 5) is 36.5. The SMILES string of the molecule is COC[C@H](NC(=O)OC(C)(C)C)C(=O)N[C@@H](COCCOCCOCCO)C(=O)OC. The van der Waals surface area contributed by atoms with Gasteiger partial charge in [0.2, 0.25) is 5.91 Å². The first-order valence-electron chi connectivity index (χ1n) is 9.85. The number of esters is 1. The zero-order chi connectivity index (χ0) is 23.7. The zero-order valence-corrected chi connectivity index (χ0v) is 18.9. The van der Waals surface area contributed by atoms with Crippen LogP contribution in [0.4, 0.5) is 4.79 Å². The number of carbonyl (C=O) groups is 3. The highest BCUT2D eigenvalue weighted by atomic mass is 16.6. The van der Waals surface area contributed by atoms with E-state index in [1.54, 1.807) is 20.8 Å². The molecule has 0 spiro atoms. The minimum atomic E-state index is -1.09. The molecule has 0 fully saturated rings. The van der Waals surface area contributed by atoms with E-state index in [1.165, 1.54) is 14.2 Å². The number of aliphatic hydroxyl groups is 1. The number of hydrogen-bond acceptors (Lipinski definition) is 10. The number of ether oxygens (including phenoxy) is 6. The van der Waals surface area contributed by atoms with Crippen LogP contribution in [-0.4, -0.2) is 108 Å². The molecule has 0 aliphatic rings. The fourth-order valence-corrected chi connectivity index (χ4v) is 2.09. The van der Waals surface area contributed by atoms with Crippen molar-refractivity contribution in [1.82, 2.24) is 10.6 Å². The van der Waals surface area contributed by atoms with Gasteiger partial charge in [0.1, 0.15) is 11.6 Å². The summed E-state index contributed by atoms with van der Waals surface area (Å²) in [6.45, 7) is 6.05. The number of methoxy groups -OCH3 is 2. The first kappa shape index (κ1) is 29.0. The van der Waals surface area contributed by atoms with E-state index >= 15 is 0 Å². The van der Waals surface area contributed by atoms with Crippen LogP contribution in [0, 0.1) is 0 Å². The van der Waals surface area contributed by atoms with Gasteiger partial charge in [-0.25, -0.2) is 9.59 Å². The Labute approximate surface area is 182 Å². The Morgan fingerprint density at radius 2 is 1.42 bits per heavy atom. The molecule has 0 aliphatic carbocycles. The van der Waals surface area contributed by atoms with E-state index in [9.17, 15) is 14.4 Å². The van der Waals surface area contributed by atoms with Crippen molar-refractivity contribution in [2.75, 3.05) is 67.1 Å². The van der Waals surface area contributed by atoms with Crippen molar-refractivity contribution in [3.8, 4) is 0 Å². The number of hydrogen-bond donors (Lipinski definition) is 3. The second kappa shape index (κ2) is 16.7. The van der Waals surface area contributed by atoms with Gasteiger partial charge in [-0.15, -0.1) is 0 Å². The van der Waals surface area contributed by atoms with Crippen molar-refractivity contribution < 1.29 is 47.9 Å². The molecular weight excluding hydrogens is 416 g/mol. The van der Waals surface area contributed by atoms with Gasteiger partial charge in [-0.2, -0.15) is 0 Å². The second-order valence-electron chi connectivity index (χ2n) is 7.26. The molecular formula is C19H36N2O10. The highest BCUT2D eigenvalue weighted by molar-refractivity contribution is 5.89. The van der Waals surface area contributed by atoms with Crippen LogP contribution < -0.4 is 10.6 Å². The Balaban J connectivity index is 4.55. The van der Waals surface area contributed by atoms with Gasteiger partial charge >= 0.3 is 12.1 Å². The van der Waals surface area contributed by atoms with Crippen molar-refractivity contribution >= 4 is 18.0 Å². The maximum absolute atomic E-state index is 12.5. The topological polar surface area (TPSA) is 151 Å². The average molecular weight is 453 g/mol. The highest BCUT2D eigenvalue weighted by Crippen LogP contribution is 2.07. The van der Waals surface area contributed by atoms with Gasteiger partial charge in [0.25, 0.3) is 0 Å². The normalized spacial score (nSPS) is 13.2. The second-order valence-corrected chi connectivity index (χ2v) is 7.26. The molecule has 0 aliphatic heterocycles. The molecule has 0 aromatic heterocycles. The molecule has 31 heavy (non-hydrogen) atoms. The monoisotopic (exact) mass is 452 g/mol. The number of aliphatic hydroxyl groups excluding tert-OH is 1. The van der Waals surface area contributed by atoms with Crippen LogP contribution in [0.1, 0.15) is 20.8 Å². The van der Waals surface area contributed by atoms with E-state index in [-0.39, 0.29) is 39.6 Å². The fraction of sp³-hybridized carbons (Fsp3) is 0.842. The molecule has 2 atom stereocenters. The van der Waals surface area contributed by atoms with Crippen LogP contribution in [-0.2, 0) is 38.0 Å². The van der Waals surface area contributed by atoms with E-state index < -0.39 is 35.7 Å². The third kappa shape index (κ3) is 15.5. The molecule has 0 saturated heterocycles. The summed E-state index contributed by atoms with van der Waals surface area (Å²) in [6.07, 6.45) is -0.796. The summed E-state index contributed by atoms with van der Waals surface area (Å²) in [7, 11) is 2.55. The largest absolute Gasteiger partial charge is 0.467 e. The Morgan fingerprint density at radius 3 is 1.94 bits per heavy atom. The van der Waals surface area contributed by atoms with Crippen LogP contribution in [0.3, 0.4) is 0 Å². The minimum Gasteiger partial charge on any atom is -0.467 e. The molecule has 0 unspecified atom stereocenters. The quantitative estimate of drug-likeness (QED) is 0.201. The Hall–Kier alpha value is -1.99. The zero-order valence-electron chi connectivity index (χ0n) is 18.9. The van der Waals surface area contributed by atoms with E-state index in [1.807, 2.05) is 0 Å².